The molecule has 0 bridgehead atoms. The van der Waals surface area contributed by atoms with Gasteiger partial charge in [-0.1, -0.05) is 17.7 Å². The number of hydrogen-bond donors (Lipinski definition) is 1. The molecule has 31 heavy (non-hydrogen) atoms. The second kappa shape index (κ2) is 8.82. The first-order valence-corrected chi connectivity index (χ1v) is 13.3. The number of piperidine rings is 1. The van der Waals surface area contributed by atoms with E-state index < -0.39 is 10.0 Å². The molecule has 1 unspecified atom stereocenters. The van der Waals surface area contributed by atoms with Crippen LogP contribution < -0.4 is 5.32 Å². The quantitative estimate of drug-likeness (QED) is 0.573. The Kier molecular flexibility index (Phi) is 6.30. The molecule has 164 valence electrons. The van der Waals surface area contributed by atoms with Crippen molar-refractivity contribution in [3.05, 3.63) is 51.8 Å². The van der Waals surface area contributed by atoms with Gasteiger partial charge in [-0.2, -0.15) is 4.31 Å². The Morgan fingerprint density at radius 2 is 1.94 bits per heavy atom. The zero-order valence-corrected chi connectivity index (χ0v) is 20.2. The van der Waals surface area contributed by atoms with Gasteiger partial charge in [0.1, 0.15) is 5.01 Å². The van der Waals surface area contributed by atoms with Crippen LogP contribution in [-0.2, 0) is 14.8 Å². The summed E-state index contributed by atoms with van der Waals surface area (Å²) >= 11 is 3.19. The van der Waals surface area contributed by atoms with Crippen molar-refractivity contribution in [1.82, 2.24) is 9.29 Å². The van der Waals surface area contributed by atoms with E-state index in [2.05, 4.69) is 10.3 Å². The summed E-state index contributed by atoms with van der Waals surface area (Å²) in [6.45, 7) is 6.49. The highest BCUT2D eigenvalue weighted by atomic mass is 32.2. The zero-order chi connectivity index (χ0) is 22.2. The lowest BCUT2D eigenvalue weighted by Gasteiger charge is -2.31. The van der Waals surface area contributed by atoms with Crippen molar-refractivity contribution in [2.45, 2.75) is 38.5 Å². The number of carbonyl (C=O) groups is 1. The number of aromatic nitrogens is 1. The Labute approximate surface area is 191 Å². The molecule has 1 N–H and O–H groups in total. The van der Waals surface area contributed by atoms with Gasteiger partial charge in [0.05, 0.1) is 21.4 Å². The molecule has 1 saturated heterocycles. The molecule has 1 aliphatic heterocycles. The molecule has 0 saturated carbocycles. The molecule has 2 aromatic heterocycles. The van der Waals surface area contributed by atoms with Gasteiger partial charge in [0.25, 0.3) is 0 Å². The molecule has 9 heteroatoms. The molecule has 1 aliphatic rings. The average molecular weight is 476 g/mol. The Hall–Kier alpha value is -2.07. The van der Waals surface area contributed by atoms with Gasteiger partial charge < -0.3 is 5.32 Å². The van der Waals surface area contributed by atoms with Crippen LogP contribution in [0.15, 0.2) is 40.6 Å². The molecule has 1 atom stereocenters. The fourth-order valence-electron chi connectivity index (χ4n) is 3.65. The molecule has 3 heterocycles. The lowest BCUT2D eigenvalue weighted by Crippen LogP contribution is -2.43. The number of sulfonamides is 1. The van der Waals surface area contributed by atoms with E-state index in [0.29, 0.717) is 19.4 Å². The fourth-order valence-corrected chi connectivity index (χ4v) is 7.01. The lowest BCUT2D eigenvalue weighted by molar-refractivity contribution is -0.120. The normalized spacial score (nSPS) is 17.6. The van der Waals surface area contributed by atoms with Crippen LogP contribution in [0, 0.1) is 26.7 Å². The first-order valence-electron chi connectivity index (χ1n) is 10.1. The summed E-state index contributed by atoms with van der Waals surface area (Å²) in [6.07, 6.45) is 1.34. The number of nitrogens with one attached hydrogen (secondary N) is 1. The summed E-state index contributed by atoms with van der Waals surface area (Å²) in [4.78, 5) is 19.8. The topological polar surface area (TPSA) is 79.4 Å². The van der Waals surface area contributed by atoms with Crippen molar-refractivity contribution in [3.8, 4) is 9.88 Å². The van der Waals surface area contributed by atoms with Crippen molar-refractivity contribution in [1.29, 1.82) is 0 Å². The van der Waals surface area contributed by atoms with Crippen LogP contribution in [0.2, 0.25) is 0 Å². The van der Waals surface area contributed by atoms with Crippen molar-refractivity contribution in [2.75, 3.05) is 18.4 Å². The van der Waals surface area contributed by atoms with E-state index >= 15 is 0 Å². The minimum absolute atomic E-state index is 0.133. The van der Waals surface area contributed by atoms with Crippen LogP contribution in [0.3, 0.4) is 0 Å². The molecule has 0 radical (unpaired) electrons. The third-order valence-corrected chi connectivity index (χ3v) is 9.48. The molecule has 6 nitrogen and oxygen atoms in total. The number of amides is 1. The zero-order valence-electron chi connectivity index (χ0n) is 17.7. The maximum atomic E-state index is 13.0. The summed E-state index contributed by atoms with van der Waals surface area (Å²) in [6, 6.07) is 8.81. The van der Waals surface area contributed by atoms with Gasteiger partial charge in [-0.3, -0.25) is 4.79 Å². The minimum Gasteiger partial charge on any atom is -0.325 e. The van der Waals surface area contributed by atoms with Gasteiger partial charge in [0.2, 0.25) is 15.9 Å². The summed E-state index contributed by atoms with van der Waals surface area (Å²) in [5.74, 6) is -0.509. The van der Waals surface area contributed by atoms with E-state index in [0.717, 1.165) is 31.7 Å². The minimum atomic E-state index is -3.61. The highest BCUT2D eigenvalue weighted by Crippen LogP contribution is 2.36. The van der Waals surface area contributed by atoms with E-state index in [9.17, 15) is 13.2 Å². The summed E-state index contributed by atoms with van der Waals surface area (Å²) in [5.41, 5.74) is 2.76. The van der Waals surface area contributed by atoms with E-state index in [1.165, 1.54) is 4.31 Å². The smallest absolute Gasteiger partial charge is 0.243 e. The monoisotopic (exact) mass is 475 g/mol. The largest absolute Gasteiger partial charge is 0.325 e. The Morgan fingerprint density at radius 3 is 2.61 bits per heavy atom. The van der Waals surface area contributed by atoms with Gasteiger partial charge in [0, 0.05) is 29.0 Å². The molecule has 1 aromatic carbocycles. The Balaban J connectivity index is 1.47. The predicted octanol–water partition coefficient (Wildman–Crippen LogP) is 4.84. The molecule has 1 amide bonds. The van der Waals surface area contributed by atoms with Gasteiger partial charge in [-0.05, 0) is 51.8 Å². The van der Waals surface area contributed by atoms with Gasteiger partial charge in [-0.15, -0.1) is 22.7 Å². The van der Waals surface area contributed by atoms with Crippen LogP contribution in [-0.4, -0.2) is 36.7 Å². The van der Waals surface area contributed by atoms with Crippen LogP contribution in [0.5, 0.6) is 0 Å². The predicted molar refractivity (Wildman–Crippen MR) is 126 cm³/mol. The van der Waals surface area contributed by atoms with E-state index in [1.807, 2.05) is 32.2 Å². The maximum Gasteiger partial charge on any atom is 0.243 e. The second-order valence-corrected chi connectivity index (χ2v) is 11.9. The molecular formula is C22H25N3O3S3. The number of hydrogen-bond acceptors (Lipinski definition) is 6. The van der Waals surface area contributed by atoms with E-state index in [4.69, 9.17) is 0 Å². The van der Waals surface area contributed by atoms with Crippen molar-refractivity contribution >= 4 is 44.3 Å². The first kappa shape index (κ1) is 22.1. The van der Waals surface area contributed by atoms with Crippen molar-refractivity contribution in [3.63, 3.8) is 0 Å². The van der Waals surface area contributed by atoms with E-state index in [1.54, 1.807) is 46.9 Å². The summed E-state index contributed by atoms with van der Waals surface area (Å²) < 4.78 is 27.5. The SMILES string of the molecule is Cc1ccc(S(=O)(=O)N2CCCC(C(=O)Nc3cc(-c4nc(C)cs4)sc3C)C2)cc1. The lowest BCUT2D eigenvalue weighted by atomic mass is 9.99. The summed E-state index contributed by atoms with van der Waals surface area (Å²) in [5, 5.41) is 5.97. The Morgan fingerprint density at radius 1 is 1.19 bits per heavy atom. The maximum absolute atomic E-state index is 13.0. The molecule has 0 aliphatic carbocycles. The third kappa shape index (κ3) is 4.74. The number of anilines is 1. The molecule has 0 spiro atoms. The van der Waals surface area contributed by atoms with Gasteiger partial charge in [0.15, 0.2) is 0 Å². The van der Waals surface area contributed by atoms with Crippen LogP contribution in [0.25, 0.3) is 9.88 Å². The van der Waals surface area contributed by atoms with Crippen molar-refractivity contribution in [2.24, 2.45) is 5.92 Å². The number of nitrogens with zero attached hydrogens (tertiary/aromatic N) is 2. The molecule has 1 fully saturated rings. The standard InChI is InChI=1S/C22H25N3O3S3/c1-14-6-8-18(9-7-14)31(27,28)25-10-4-5-17(12-25)21(26)24-19-11-20(30-16(19)3)22-23-15(2)13-29-22/h6-9,11,13,17H,4-5,10,12H2,1-3H3,(H,24,26). The highest BCUT2D eigenvalue weighted by molar-refractivity contribution is 7.89. The molecular weight excluding hydrogens is 450 g/mol. The van der Waals surface area contributed by atoms with Crippen LogP contribution in [0.4, 0.5) is 5.69 Å². The van der Waals surface area contributed by atoms with Crippen LogP contribution in [0.1, 0.15) is 29.0 Å². The first-order chi connectivity index (χ1) is 14.7. The van der Waals surface area contributed by atoms with Gasteiger partial charge in [-0.25, -0.2) is 13.4 Å². The average Bonchev–Trinajstić information content (AvgIpc) is 3.34. The van der Waals surface area contributed by atoms with E-state index in [-0.39, 0.29) is 23.3 Å². The van der Waals surface area contributed by atoms with Gasteiger partial charge >= 0.3 is 0 Å². The van der Waals surface area contributed by atoms with Crippen molar-refractivity contribution < 1.29 is 13.2 Å². The molecule has 3 aromatic rings. The number of thiophene rings is 1. The summed E-state index contributed by atoms with van der Waals surface area (Å²) in [7, 11) is -3.61. The van der Waals surface area contributed by atoms with Crippen LogP contribution >= 0.6 is 22.7 Å². The Bertz CT molecular complexity index is 1200. The second-order valence-electron chi connectivity index (χ2n) is 7.88. The number of carbonyl (C=O) groups excluding carboxylic acids is 1. The number of benzene rings is 1. The third-order valence-electron chi connectivity index (χ3n) is 5.42. The fraction of sp³-hybridized carbons (Fsp3) is 0.364. The number of aryl methyl sites for hydroxylation is 3. The molecule has 4 rings (SSSR count). The number of thiazole rings is 1. The highest BCUT2D eigenvalue weighted by Gasteiger charge is 2.33. The number of rotatable bonds is 5.